The lowest BCUT2D eigenvalue weighted by molar-refractivity contribution is -0.171. The largest absolute Gasteiger partial charge is 0.473 e. The van der Waals surface area contributed by atoms with Gasteiger partial charge in [-0.15, -0.1) is 0 Å². The molecule has 5 heterocycles. The molecule has 11 nitrogen and oxygen atoms in total. The number of aliphatic hydroxyl groups excluding tert-OH is 1. The number of aliphatic hydroxyl groups is 1. The second kappa shape index (κ2) is 8.83. The van der Waals surface area contributed by atoms with Crippen LogP contribution in [0.3, 0.4) is 0 Å². The molecular formula is C25H25N2O9P. The lowest BCUT2D eigenvalue weighted by atomic mass is 9.86. The number of pyridine rings is 2. The van der Waals surface area contributed by atoms with Crippen molar-refractivity contribution in [1.29, 1.82) is 0 Å². The van der Waals surface area contributed by atoms with E-state index in [0.29, 0.717) is 31.0 Å². The second-order valence-electron chi connectivity index (χ2n) is 9.38. The summed E-state index contributed by atoms with van der Waals surface area (Å²) in [5.74, 6) is -0.897. The molecule has 0 bridgehead atoms. The minimum atomic E-state index is -4.86. The number of nitrogens with zero attached hydrogens (tertiary/aromatic N) is 2. The Morgan fingerprint density at radius 2 is 2.08 bits per heavy atom. The molecule has 4 atom stereocenters. The van der Waals surface area contributed by atoms with E-state index in [1.165, 1.54) is 0 Å². The third-order valence-electron chi connectivity index (χ3n) is 7.23. The summed E-state index contributed by atoms with van der Waals surface area (Å²) in [6.07, 6.45) is -1.36. The summed E-state index contributed by atoms with van der Waals surface area (Å²) in [7, 11) is -4.86. The number of phosphoric ester groups is 1. The smallest absolute Gasteiger partial charge is 0.458 e. The van der Waals surface area contributed by atoms with Gasteiger partial charge in [0.05, 0.1) is 41.7 Å². The number of fused-ring (bicyclic) bond motifs is 5. The van der Waals surface area contributed by atoms with Crippen molar-refractivity contribution in [2.45, 2.75) is 50.7 Å². The van der Waals surface area contributed by atoms with Crippen LogP contribution in [0.25, 0.3) is 22.3 Å². The fraction of sp³-hybridized carbons (Fsp3) is 0.400. The van der Waals surface area contributed by atoms with E-state index in [1.807, 2.05) is 30.3 Å². The van der Waals surface area contributed by atoms with Gasteiger partial charge in [0, 0.05) is 23.1 Å². The fourth-order valence-corrected chi connectivity index (χ4v) is 6.34. The second-order valence-corrected chi connectivity index (χ2v) is 10.8. The Morgan fingerprint density at radius 1 is 1.27 bits per heavy atom. The van der Waals surface area contributed by atoms with Gasteiger partial charge >= 0.3 is 13.8 Å². The number of cyclic esters (lactones) is 1. The van der Waals surface area contributed by atoms with Crippen LogP contribution in [0.2, 0.25) is 0 Å². The molecule has 1 fully saturated rings. The Morgan fingerprint density at radius 3 is 2.84 bits per heavy atom. The van der Waals surface area contributed by atoms with Crippen molar-refractivity contribution in [3.8, 4) is 11.4 Å². The van der Waals surface area contributed by atoms with Gasteiger partial charge in [0.2, 0.25) is 5.60 Å². The van der Waals surface area contributed by atoms with Gasteiger partial charge < -0.3 is 24.0 Å². The Bertz CT molecular complexity index is 1540. The minimum Gasteiger partial charge on any atom is -0.458 e. The number of rotatable bonds is 6. The number of para-hydroxylation sites is 1. The zero-order valence-electron chi connectivity index (χ0n) is 20.0. The summed E-state index contributed by atoms with van der Waals surface area (Å²) in [5, 5.41) is 10.8. The maximum atomic E-state index is 13.6. The van der Waals surface area contributed by atoms with Gasteiger partial charge in [-0.2, -0.15) is 0 Å². The van der Waals surface area contributed by atoms with E-state index in [1.54, 1.807) is 17.6 Å². The zero-order chi connectivity index (χ0) is 25.9. The zero-order valence-corrected chi connectivity index (χ0v) is 20.8. The number of carbonyl (C=O) groups is 1. The van der Waals surface area contributed by atoms with Crippen molar-refractivity contribution in [2.75, 3.05) is 13.2 Å². The molecule has 0 amide bonds. The average molecular weight is 528 g/mol. The van der Waals surface area contributed by atoms with E-state index in [2.05, 4.69) is 0 Å². The molecule has 2 aromatic heterocycles. The number of esters is 1. The molecule has 3 aliphatic heterocycles. The van der Waals surface area contributed by atoms with Crippen LogP contribution < -0.4 is 5.56 Å². The molecular weight excluding hydrogens is 503 g/mol. The lowest BCUT2D eigenvalue weighted by Crippen LogP contribution is -2.46. The van der Waals surface area contributed by atoms with Crippen molar-refractivity contribution in [3.05, 3.63) is 63.4 Å². The van der Waals surface area contributed by atoms with E-state index >= 15 is 0 Å². The summed E-state index contributed by atoms with van der Waals surface area (Å²) in [5.41, 5.74) is 0.551. The number of ether oxygens (including phenoxy) is 2. The Balaban J connectivity index is 1.42. The van der Waals surface area contributed by atoms with E-state index in [9.17, 15) is 24.2 Å². The lowest BCUT2D eigenvalue weighted by Gasteiger charge is -2.36. The molecule has 2 N–H and O–H groups in total. The SMILES string of the molecule is CCC1(OP(=O)(O)OCC2OCCC2O)C(=O)OCc2c1cc1n(c2=O)Cc2cc3ccccc3nc2-1. The summed E-state index contributed by atoms with van der Waals surface area (Å²) < 4.78 is 35.8. The van der Waals surface area contributed by atoms with Crippen molar-refractivity contribution >= 4 is 24.7 Å². The first-order valence-electron chi connectivity index (χ1n) is 12.0. The molecule has 3 aliphatic rings. The first-order chi connectivity index (χ1) is 17.7. The molecule has 194 valence electrons. The molecule has 0 aliphatic carbocycles. The molecule has 4 unspecified atom stereocenters. The topological polar surface area (TPSA) is 146 Å². The van der Waals surface area contributed by atoms with Gasteiger partial charge in [0.1, 0.15) is 12.7 Å². The number of hydrogen-bond donors (Lipinski definition) is 2. The average Bonchev–Trinajstić information content (AvgIpc) is 3.46. The van der Waals surface area contributed by atoms with Crippen molar-refractivity contribution < 1.29 is 37.9 Å². The predicted octanol–water partition coefficient (Wildman–Crippen LogP) is 2.37. The van der Waals surface area contributed by atoms with Crippen LogP contribution in [0.15, 0.2) is 41.2 Å². The maximum absolute atomic E-state index is 13.6. The molecule has 0 saturated carbocycles. The third-order valence-corrected chi connectivity index (χ3v) is 8.25. The Labute approximate surface area is 211 Å². The van der Waals surface area contributed by atoms with E-state index in [0.717, 1.165) is 16.5 Å². The van der Waals surface area contributed by atoms with Crippen LogP contribution in [0.4, 0.5) is 0 Å². The molecule has 6 rings (SSSR count). The quantitative estimate of drug-likeness (QED) is 0.282. The standard InChI is InChI=1S/C25H25N2O9P/c1-2-25(36-37(31,32)35-13-21-20(28)7-8-33-21)17-10-19-22-15(9-14-5-3-4-6-18(14)26-22)11-27(19)23(29)16(17)12-34-24(25)30/h3-6,9-10,20-21,28H,2,7-8,11-13H2,1H3,(H,31,32). The predicted molar refractivity (Wildman–Crippen MR) is 130 cm³/mol. The van der Waals surface area contributed by atoms with Gasteiger partial charge in [-0.05, 0) is 31.0 Å². The number of hydrogen-bond acceptors (Lipinski definition) is 9. The van der Waals surface area contributed by atoms with Crippen LogP contribution in [-0.2, 0) is 46.6 Å². The monoisotopic (exact) mass is 528 g/mol. The van der Waals surface area contributed by atoms with Crippen LogP contribution in [-0.4, -0.2) is 50.9 Å². The van der Waals surface area contributed by atoms with Crippen LogP contribution in [0, 0.1) is 0 Å². The van der Waals surface area contributed by atoms with Gasteiger partial charge in [0.25, 0.3) is 5.56 Å². The van der Waals surface area contributed by atoms with Gasteiger partial charge in [-0.25, -0.2) is 14.3 Å². The molecule has 1 aromatic carbocycles. The van der Waals surface area contributed by atoms with Crippen LogP contribution in [0.5, 0.6) is 0 Å². The van der Waals surface area contributed by atoms with Crippen LogP contribution >= 0.6 is 7.82 Å². The van der Waals surface area contributed by atoms with Gasteiger partial charge in [-0.1, -0.05) is 25.1 Å². The Hall–Kier alpha value is -2.92. The molecule has 3 aromatic rings. The Kier molecular flexibility index (Phi) is 5.83. The van der Waals surface area contributed by atoms with Crippen molar-refractivity contribution in [3.63, 3.8) is 0 Å². The number of benzene rings is 1. The number of phosphoric acid groups is 1. The highest BCUT2D eigenvalue weighted by Gasteiger charge is 2.52. The highest BCUT2D eigenvalue weighted by atomic mass is 31.2. The number of carbonyl (C=O) groups excluding carboxylic acids is 1. The third kappa shape index (κ3) is 3.94. The maximum Gasteiger partial charge on any atom is 0.473 e. The summed E-state index contributed by atoms with van der Waals surface area (Å²) in [6.45, 7) is 1.49. The summed E-state index contributed by atoms with van der Waals surface area (Å²) in [4.78, 5) is 42.0. The summed E-state index contributed by atoms with van der Waals surface area (Å²) >= 11 is 0. The van der Waals surface area contributed by atoms with Crippen molar-refractivity contribution in [2.24, 2.45) is 0 Å². The fourth-order valence-electron chi connectivity index (χ4n) is 5.25. The van der Waals surface area contributed by atoms with E-state index in [4.69, 9.17) is 23.5 Å². The molecule has 0 radical (unpaired) electrons. The molecule has 1 saturated heterocycles. The highest BCUT2D eigenvalue weighted by molar-refractivity contribution is 7.47. The molecule has 0 spiro atoms. The van der Waals surface area contributed by atoms with Gasteiger partial charge in [0.15, 0.2) is 0 Å². The summed E-state index contributed by atoms with van der Waals surface area (Å²) in [6, 6.07) is 11.2. The first-order valence-corrected chi connectivity index (χ1v) is 13.5. The van der Waals surface area contributed by atoms with Crippen molar-refractivity contribution in [1.82, 2.24) is 9.55 Å². The number of aromatic nitrogens is 2. The normalized spacial score (nSPS) is 25.9. The van der Waals surface area contributed by atoms with E-state index < -0.39 is 38.2 Å². The minimum absolute atomic E-state index is 0.101. The van der Waals surface area contributed by atoms with E-state index in [-0.39, 0.29) is 29.7 Å². The molecule has 37 heavy (non-hydrogen) atoms. The highest BCUT2D eigenvalue weighted by Crippen LogP contribution is 2.54. The van der Waals surface area contributed by atoms with Crippen LogP contribution in [0.1, 0.15) is 36.5 Å². The first kappa shape index (κ1) is 24.4. The van der Waals surface area contributed by atoms with Gasteiger partial charge in [-0.3, -0.25) is 13.8 Å². The molecule has 12 heteroatoms.